The van der Waals surface area contributed by atoms with Crippen LogP contribution in [0.15, 0.2) is 67.3 Å². The van der Waals surface area contributed by atoms with Crippen molar-refractivity contribution < 1.29 is 14.3 Å². The van der Waals surface area contributed by atoms with Crippen molar-refractivity contribution in [2.45, 2.75) is 37.7 Å². The van der Waals surface area contributed by atoms with Gasteiger partial charge in [-0.2, -0.15) is 0 Å². The summed E-state index contributed by atoms with van der Waals surface area (Å²) < 4.78 is 7.65. The largest absolute Gasteiger partial charge is 0.451 e. The molecule has 4 aromatic rings. The average molecular weight is 438 g/mol. The molecule has 2 aliphatic rings. The summed E-state index contributed by atoms with van der Waals surface area (Å²) in [5.74, 6) is -0.395. The first-order chi connectivity index (χ1) is 16.1. The molecule has 7 nitrogen and oxygen atoms in total. The fraction of sp³-hybridized carbons (Fsp3) is 0.231. The maximum Gasteiger partial charge on any atom is 0.340 e. The lowest BCUT2D eigenvalue weighted by molar-refractivity contribution is -0.0280. The Morgan fingerprint density at radius 2 is 1.88 bits per heavy atom. The number of amides is 1. The van der Waals surface area contributed by atoms with Gasteiger partial charge in [-0.05, 0) is 43.9 Å². The first-order valence-electron chi connectivity index (χ1n) is 11.2. The number of para-hydroxylation sites is 1. The van der Waals surface area contributed by atoms with E-state index in [2.05, 4.69) is 15.3 Å². The van der Waals surface area contributed by atoms with Gasteiger partial charge in [-0.3, -0.25) is 9.78 Å². The molecule has 3 heterocycles. The number of pyridine rings is 1. The summed E-state index contributed by atoms with van der Waals surface area (Å²) in [4.78, 5) is 34.7. The van der Waals surface area contributed by atoms with Crippen molar-refractivity contribution in [1.29, 1.82) is 0 Å². The number of nitrogens with zero attached hydrogens (tertiary/aromatic N) is 3. The molecule has 1 fully saturated rings. The van der Waals surface area contributed by atoms with Crippen LogP contribution in [0, 0.1) is 0 Å². The predicted molar refractivity (Wildman–Crippen MR) is 123 cm³/mol. The number of carbonyl (C=O) groups is 2. The summed E-state index contributed by atoms with van der Waals surface area (Å²) in [5.41, 5.74) is 2.72. The first-order valence-corrected chi connectivity index (χ1v) is 11.2. The van der Waals surface area contributed by atoms with Crippen LogP contribution in [0.4, 0.5) is 5.82 Å². The van der Waals surface area contributed by atoms with Gasteiger partial charge in [0, 0.05) is 10.9 Å². The molecular formula is C26H22N4O3. The molecule has 0 saturated heterocycles. The first kappa shape index (κ1) is 19.7. The average Bonchev–Trinajstić information content (AvgIpc) is 3.42. The third-order valence-corrected chi connectivity index (χ3v) is 6.65. The highest BCUT2D eigenvalue weighted by Gasteiger charge is 2.47. The smallest absolute Gasteiger partial charge is 0.340 e. The van der Waals surface area contributed by atoms with Gasteiger partial charge >= 0.3 is 5.97 Å². The minimum Gasteiger partial charge on any atom is -0.451 e. The molecule has 1 aliphatic carbocycles. The van der Waals surface area contributed by atoms with E-state index in [1.165, 1.54) is 0 Å². The zero-order valence-corrected chi connectivity index (χ0v) is 18.0. The number of benzene rings is 2. The number of hydrogen-bond donors (Lipinski definition) is 1. The SMILES string of the molecule is O=C(Nc1cn(-c2cnc3ccccc3c2)cn1)c1cccc2c1C(=O)OC21CCCCC1. The number of ether oxygens (including phenoxy) is 1. The molecule has 0 atom stereocenters. The van der Waals surface area contributed by atoms with Gasteiger partial charge in [0.05, 0.1) is 34.7 Å². The van der Waals surface area contributed by atoms with Crippen LogP contribution in [-0.4, -0.2) is 26.4 Å². The minimum atomic E-state index is -0.578. The van der Waals surface area contributed by atoms with Crippen LogP contribution in [0.25, 0.3) is 16.6 Å². The normalized spacial score (nSPS) is 16.5. The Hall–Kier alpha value is -4.00. The molecule has 6 rings (SSSR count). The number of fused-ring (bicyclic) bond motifs is 3. The van der Waals surface area contributed by atoms with Crippen LogP contribution < -0.4 is 5.32 Å². The minimum absolute atomic E-state index is 0.321. The van der Waals surface area contributed by atoms with E-state index in [-0.39, 0.29) is 5.91 Å². The molecule has 1 aliphatic heterocycles. The lowest BCUT2D eigenvalue weighted by Gasteiger charge is -2.32. The Kier molecular flexibility index (Phi) is 4.50. The van der Waals surface area contributed by atoms with E-state index in [0.29, 0.717) is 16.9 Å². The maximum atomic E-state index is 13.1. The van der Waals surface area contributed by atoms with Crippen LogP contribution in [-0.2, 0) is 10.3 Å². The zero-order chi connectivity index (χ0) is 22.4. The lowest BCUT2D eigenvalue weighted by Crippen LogP contribution is -2.28. The quantitative estimate of drug-likeness (QED) is 0.455. The number of nitrogens with one attached hydrogen (secondary N) is 1. The number of anilines is 1. The second-order valence-corrected chi connectivity index (χ2v) is 8.68. The molecule has 2 aromatic carbocycles. The van der Waals surface area contributed by atoms with Crippen molar-refractivity contribution in [3.8, 4) is 5.69 Å². The fourth-order valence-electron chi connectivity index (χ4n) is 5.03. The van der Waals surface area contributed by atoms with Crippen molar-refractivity contribution in [1.82, 2.24) is 14.5 Å². The molecule has 0 unspecified atom stereocenters. The maximum absolute atomic E-state index is 13.1. The standard InChI is InChI=1S/C26H22N4O3/c31-24(19-8-6-9-20-23(19)25(32)33-26(20)11-4-1-5-12-26)29-22-15-30(16-28-22)18-13-17-7-2-3-10-21(17)27-14-18/h2-3,6-10,13-16H,1,4-5,11-12H2,(H,29,31). The summed E-state index contributed by atoms with van der Waals surface area (Å²) >= 11 is 0. The molecule has 1 saturated carbocycles. The van der Waals surface area contributed by atoms with Crippen LogP contribution in [0.1, 0.15) is 58.4 Å². The van der Waals surface area contributed by atoms with Crippen molar-refractivity contribution in [3.63, 3.8) is 0 Å². The Labute approximate surface area is 190 Å². The highest BCUT2D eigenvalue weighted by molar-refractivity contribution is 6.12. The van der Waals surface area contributed by atoms with Gasteiger partial charge in [-0.25, -0.2) is 9.78 Å². The van der Waals surface area contributed by atoms with Gasteiger partial charge in [0.2, 0.25) is 0 Å². The highest BCUT2D eigenvalue weighted by Crippen LogP contribution is 2.47. The zero-order valence-electron chi connectivity index (χ0n) is 18.0. The molecule has 1 amide bonds. The number of esters is 1. The molecule has 1 N–H and O–H groups in total. The molecule has 0 bridgehead atoms. The molecule has 7 heteroatoms. The monoisotopic (exact) mass is 438 g/mol. The van der Waals surface area contributed by atoms with E-state index in [0.717, 1.165) is 54.3 Å². The fourth-order valence-corrected chi connectivity index (χ4v) is 5.03. The third kappa shape index (κ3) is 3.28. The number of hydrogen-bond acceptors (Lipinski definition) is 5. The van der Waals surface area contributed by atoms with Crippen LogP contribution in [0.5, 0.6) is 0 Å². The summed E-state index contributed by atoms with van der Waals surface area (Å²) in [5, 5.41) is 3.85. The Morgan fingerprint density at radius 1 is 1.03 bits per heavy atom. The van der Waals surface area contributed by atoms with Crippen LogP contribution in [0.3, 0.4) is 0 Å². The van der Waals surface area contributed by atoms with Crippen LogP contribution >= 0.6 is 0 Å². The van der Waals surface area contributed by atoms with Gasteiger partial charge in [0.1, 0.15) is 11.9 Å². The Morgan fingerprint density at radius 3 is 2.76 bits per heavy atom. The predicted octanol–water partition coefficient (Wildman–Crippen LogP) is 5.00. The van der Waals surface area contributed by atoms with Crippen molar-refractivity contribution in [2.75, 3.05) is 5.32 Å². The Bertz CT molecular complexity index is 1400. The number of aromatic nitrogens is 3. The Balaban J connectivity index is 1.28. The third-order valence-electron chi connectivity index (χ3n) is 6.65. The number of carbonyl (C=O) groups excluding carboxylic acids is 2. The molecule has 1 spiro atoms. The molecular weight excluding hydrogens is 416 g/mol. The van der Waals surface area contributed by atoms with Gasteiger partial charge < -0.3 is 14.6 Å². The molecule has 33 heavy (non-hydrogen) atoms. The van der Waals surface area contributed by atoms with Gasteiger partial charge in [0.25, 0.3) is 5.91 Å². The van der Waals surface area contributed by atoms with Gasteiger partial charge in [-0.15, -0.1) is 0 Å². The number of imidazole rings is 1. The number of rotatable bonds is 3. The van der Waals surface area contributed by atoms with Crippen molar-refractivity contribution >= 4 is 28.6 Å². The summed E-state index contributed by atoms with van der Waals surface area (Å²) in [7, 11) is 0. The van der Waals surface area contributed by atoms with E-state index in [1.807, 2.05) is 42.5 Å². The summed E-state index contributed by atoms with van der Waals surface area (Å²) in [6.45, 7) is 0. The highest BCUT2D eigenvalue weighted by atomic mass is 16.6. The van der Waals surface area contributed by atoms with E-state index >= 15 is 0 Å². The van der Waals surface area contributed by atoms with E-state index in [9.17, 15) is 9.59 Å². The molecule has 164 valence electrons. The van der Waals surface area contributed by atoms with E-state index in [1.54, 1.807) is 29.4 Å². The summed E-state index contributed by atoms with van der Waals surface area (Å²) in [6, 6.07) is 15.3. The molecule has 0 radical (unpaired) electrons. The topological polar surface area (TPSA) is 86.1 Å². The second-order valence-electron chi connectivity index (χ2n) is 8.68. The summed E-state index contributed by atoms with van der Waals surface area (Å²) in [6.07, 6.45) is 9.91. The van der Waals surface area contributed by atoms with Crippen molar-refractivity contribution in [3.05, 3.63) is 83.9 Å². The molecule has 2 aromatic heterocycles. The van der Waals surface area contributed by atoms with E-state index < -0.39 is 11.6 Å². The van der Waals surface area contributed by atoms with Crippen LogP contribution in [0.2, 0.25) is 0 Å². The van der Waals surface area contributed by atoms with Gasteiger partial charge in [0.15, 0.2) is 5.82 Å². The van der Waals surface area contributed by atoms with E-state index in [4.69, 9.17) is 4.74 Å². The second kappa shape index (κ2) is 7.55. The lowest BCUT2D eigenvalue weighted by atomic mass is 9.78. The van der Waals surface area contributed by atoms with Crippen molar-refractivity contribution in [2.24, 2.45) is 0 Å². The van der Waals surface area contributed by atoms with Gasteiger partial charge in [-0.1, -0.05) is 36.8 Å².